The molecule has 0 aromatic heterocycles. The molecule has 0 amide bonds. The Balaban J connectivity index is 4.25. The van der Waals surface area contributed by atoms with Crippen molar-refractivity contribution in [3.8, 4) is 0 Å². The molecule has 1 N–H and O–H groups in total. The van der Waals surface area contributed by atoms with E-state index >= 15 is 0 Å². The molecule has 0 saturated carbocycles. The van der Waals surface area contributed by atoms with Crippen molar-refractivity contribution >= 4 is 17.9 Å². The highest BCUT2D eigenvalue weighted by molar-refractivity contribution is 5.72. The number of rotatable bonds is 42. The summed E-state index contributed by atoms with van der Waals surface area (Å²) >= 11 is 0. The Morgan fingerprint density at radius 1 is 0.526 bits per heavy atom. The van der Waals surface area contributed by atoms with Crippen molar-refractivity contribution in [2.24, 2.45) is 0 Å². The highest BCUT2D eigenvalue weighted by Gasteiger charge is 2.31. The van der Waals surface area contributed by atoms with Gasteiger partial charge in [-0.2, -0.15) is 0 Å². The molecular formula is C49H90NO7+. The van der Waals surface area contributed by atoms with Crippen LogP contribution in [-0.4, -0.2) is 80.6 Å². The number of hydrogen-bond donors (Lipinski definition) is 1. The second-order valence-corrected chi connectivity index (χ2v) is 17.0. The molecule has 0 saturated heterocycles. The number of carboxylic acids is 1. The fraction of sp³-hybridized carbons (Fsp3) is 0.816. The first-order chi connectivity index (χ1) is 27.6. The van der Waals surface area contributed by atoms with E-state index in [4.69, 9.17) is 14.2 Å². The SMILES string of the molecule is CCCCC/C=C/C/C=C/C/C=C/CCCCCCCCCCCC(=O)OC(COCCC(C(=O)O)[N+](C)(C)C)COC(=O)CCCCCCCCCCCCC. The average Bonchev–Trinajstić information content (AvgIpc) is 3.17. The fourth-order valence-corrected chi connectivity index (χ4v) is 6.86. The Morgan fingerprint density at radius 3 is 1.40 bits per heavy atom. The average molecular weight is 805 g/mol. The van der Waals surface area contributed by atoms with Crippen LogP contribution in [0.25, 0.3) is 0 Å². The highest BCUT2D eigenvalue weighted by Crippen LogP contribution is 2.15. The summed E-state index contributed by atoms with van der Waals surface area (Å²) in [7, 11) is 5.53. The number of ether oxygens (including phenoxy) is 3. The number of carbonyl (C=O) groups is 3. The third kappa shape index (κ3) is 38.8. The van der Waals surface area contributed by atoms with E-state index in [1.54, 1.807) is 0 Å². The smallest absolute Gasteiger partial charge is 0.362 e. The van der Waals surface area contributed by atoms with E-state index in [2.05, 4.69) is 50.3 Å². The zero-order valence-electron chi connectivity index (χ0n) is 37.8. The number of esters is 2. The monoisotopic (exact) mass is 805 g/mol. The summed E-state index contributed by atoms with van der Waals surface area (Å²) in [4.78, 5) is 37.0. The molecule has 57 heavy (non-hydrogen) atoms. The van der Waals surface area contributed by atoms with E-state index in [1.807, 2.05) is 21.1 Å². The molecule has 0 aliphatic rings. The lowest BCUT2D eigenvalue weighted by Crippen LogP contribution is -2.50. The van der Waals surface area contributed by atoms with Gasteiger partial charge in [0.1, 0.15) is 6.61 Å². The third-order valence-electron chi connectivity index (χ3n) is 10.5. The molecule has 0 spiro atoms. The van der Waals surface area contributed by atoms with Crippen LogP contribution in [-0.2, 0) is 28.6 Å². The van der Waals surface area contributed by atoms with Gasteiger partial charge in [-0.15, -0.1) is 0 Å². The van der Waals surface area contributed by atoms with E-state index in [0.717, 1.165) is 57.8 Å². The first kappa shape index (κ1) is 54.6. The summed E-state index contributed by atoms with van der Waals surface area (Å²) in [5.74, 6) is -1.47. The van der Waals surface area contributed by atoms with Crippen LogP contribution in [0.2, 0.25) is 0 Å². The lowest BCUT2D eigenvalue weighted by Gasteiger charge is -2.31. The highest BCUT2D eigenvalue weighted by atomic mass is 16.6. The first-order valence-corrected chi connectivity index (χ1v) is 23.5. The summed E-state index contributed by atoms with van der Waals surface area (Å²) in [6.45, 7) is 4.71. The topological polar surface area (TPSA) is 99.1 Å². The second kappa shape index (κ2) is 40.3. The molecule has 8 heteroatoms. The summed E-state index contributed by atoms with van der Waals surface area (Å²) in [6.07, 6.45) is 46.1. The van der Waals surface area contributed by atoms with Crippen molar-refractivity contribution in [3.63, 3.8) is 0 Å². The van der Waals surface area contributed by atoms with Gasteiger partial charge in [0.25, 0.3) is 0 Å². The minimum absolute atomic E-state index is 0.0503. The number of aliphatic carboxylic acids is 1. The van der Waals surface area contributed by atoms with Crippen molar-refractivity contribution in [2.75, 3.05) is 41.0 Å². The molecule has 0 bridgehead atoms. The van der Waals surface area contributed by atoms with Gasteiger partial charge in [0.15, 0.2) is 12.1 Å². The molecule has 0 rings (SSSR count). The Hall–Kier alpha value is -2.45. The van der Waals surface area contributed by atoms with Crippen LogP contribution in [0.1, 0.15) is 206 Å². The van der Waals surface area contributed by atoms with Crippen LogP contribution in [0.15, 0.2) is 36.5 Å². The van der Waals surface area contributed by atoms with E-state index in [-0.39, 0.29) is 36.2 Å². The summed E-state index contributed by atoms with van der Waals surface area (Å²) in [6, 6.07) is -0.613. The molecule has 0 radical (unpaired) electrons. The number of hydrogen-bond acceptors (Lipinski definition) is 6. The van der Waals surface area contributed by atoms with Gasteiger partial charge in [-0.25, -0.2) is 4.79 Å². The molecular weight excluding hydrogens is 715 g/mol. The molecule has 0 aromatic carbocycles. The zero-order valence-corrected chi connectivity index (χ0v) is 37.8. The normalized spacial score (nSPS) is 13.2. The number of nitrogens with zero attached hydrogens (tertiary/aromatic N) is 1. The Morgan fingerprint density at radius 2 is 0.930 bits per heavy atom. The van der Waals surface area contributed by atoms with Gasteiger partial charge in [-0.05, 0) is 51.4 Å². The van der Waals surface area contributed by atoms with E-state index in [0.29, 0.717) is 19.3 Å². The van der Waals surface area contributed by atoms with Crippen molar-refractivity contribution in [1.82, 2.24) is 0 Å². The minimum atomic E-state index is -0.875. The number of likely N-dealkylation sites (N-methyl/N-ethyl adjacent to an activating group) is 1. The predicted octanol–water partition coefficient (Wildman–Crippen LogP) is 13.0. The van der Waals surface area contributed by atoms with Crippen LogP contribution < -0.4 is 0 Å². The van der Waals surface area contributed by atoms with Crippen molar-refractivity contribution in [3.05, 3.63) is 36.5 Å². The maximum Gasteiger partial charge on any atom is 0.362 e. The quantitative estimate of drug-likeness (QED) is 0.0284. The number of unbranched alkanes of at least 4 members (excludes halogenated alkanes) is 22. The lowest BCUT2D eigenvalue weighted by molar-refractivity contribution is -0.887. The predicted molar refractivity (Wildman–Crippen MR) is 238 cm³/mol. The van der Waals surface area contributed by atoms with Gasteiger partial charge < -0.3 is 23.8 Å². The van der Waals surface area contributed by atoms with Crippen LogP contribution in [0, 0.1) is 0 Å². The van der Waals surface area contributed by atoms with Crippen LogP contribution in [0.3, 0.4) is 0 Å². The molecule has 0 fully saturated rings. The summed E-state index contributed by atoms with van der Waals surface area (Å²) < 4.78 is 17.3. The Labute approximate surface area is 351 Å². The van der Waals surface area contributed by atoms with Crippen molar-refractivity contribution < 1.29 is 38.2 Å². The molecule has 2 unspecified atom stereocenters. The number of carboxylic acid groups (broad SMARTS) is 1. The maximum absolute atomic E-state index is 12.7. The van der Waals surface area contributed by atoms with Crippen molar-refractivity contribution in [1.29, 1.82) is 0 Å². The first-order valence-electron chi connectivity index (χ1n) is 23.5. The fourth-order valence-electron chi connectivity index (χ4n) is 6.86. The van der Waals surface area contributed by atoms with E-state index < -0.39 is 18.1 Å². The zero-order chi connectivity index (χ0) is 42.1. The number of carbonyl (C=O) groups excluding carboxylic acids is 2. The second-order valence-electron chi connectivity index (χ2n) is 17.0. The minimum Gasteiger partial charge on any atom is -0.477 e. The van der Waals surface area contributed by atoms with Gasteiger partial charge in [0.2, 0.25) is 0 Å². The summed E-state index contributed by atoms with van der Waals surface area (Å²) in [5, 5.41) is 9.62. The van der Waals surface area contributed by atoms with Gasteiger partial charge in [-0.1, -0.05) is 172 Å². The largest absolute Gasteiger partial charge is 0.477 e. The van der Waals surface area contributed by atoms with Crippen LogP contribution in [0.5, 0.6) is 0 Å². The molecule has 0 aliphatic heterocycles. The Bertz CT molecular complexity index is 1030. The third-order valence-corrected chi connectivity index (χ3v) is 10.5. The van der Waals surface area contributed by atoms with E-state index in [9.17, 15) is 19.5 Å². The van der Waals surface area contributed by atoms with Gasteiger partial charge in [-0.3, -0.25) is 9.59 Å². The molecule has 0 aromatic rings. The standard InChI is InChI=1S/C49H89NO7/c1-6-8-10-12-14-16-18-19-20-21-22-23-24-25-26-27-28-30-32-34-36-38-40-48(52)57-45(43-55-42-41-46(49(53)54)50(3,4)5)44-56-47(51)39-37-35-33-31-29-17-15-13-11-9-7-2/h14,16,19-20,22-23,45-46H,6-13,15,17-18,21,24-44H2,1-5H3/p+1/b16-14+,20-19+,23-22+. The molecule has 2 atom stereocenters. The molecule has 8 nitrogen and oxygen atoms in total. The van der Waals surface area contributed by atoms with Gasteiger partial charge >= 0.3 is 17.9 Å². The number of allylic oxidation sites excluding steroid dienone is 6. The Kier molecular flexibility index (Phi) is 38.6. The summed E-state index contributed by atoms with van der Waals surface area (Å²) in [5.41, 5.74) is 0. The van der Waals surface area contributed by atoms with Gasteiger partial charge in [0.05, 0.1) is 34.4 Å². The van der Waals surface area contributed by atoms with Crippen molar-refractivity contribution in [2.45, 2.75) is 219 Å². The van der Waals surface area contributed by atoms with E-state index in [1.165, 1.54) is 116 Å². The van der Waals surface area contributed by atoms with Crippen LogP contribution in [0.4, 0.5) is 0 Å². The molecule has 0 heterocycles. The van der Waals surface area contributed by atoms with Crippen LogP contribution >= 0.6 is 0 Å². The van der Waals surface area contributed by atoms with Gasteiger partial charge in [0, 0.05) is 19.3 Å². The lowest BCUT2D eigenvalue weighted by atomic mass is 10.1. The number of quaternary nitrogens is 1. The maximum atomic E-state index is 12.7. The molecule has 0 aliphatic carbocycles. The molecule has 332 valence electrons.